The molecular weight excluding hydrogens is 262 g/mol. The number of aliphatic carboxylic acids is 2. The van der Waals surface area contributed by atoms with Crippen molar-refractivity contribution in [3.8, 4) is 0 Å². The van der Waals surface area contributed by atoms with Crippen LogP contribution in [-0.2, 0) is 14.4 Å². The van der Waals surface area contributed by atoms with Crippen LogP contribution >= 0.6 is 0 Å². The molecule has 0 bridgehead atoms. The van der Waals surface area contributed by atoms with Crippen molar-refractivity contribution in [2.45, 2.75) is 27.2 Å². The van der Waals surface area contributed by atoms with Crippen LogP contribution in [0, 0.1) is 29.1 Å². The second-order valence-corrected chi connectivity index (χ2v) is 6.73. The zero-order valence-electron chi connectivity index (χ0n) is 12.0. The predicted octanol–water partition coefficient (Wildman–Crippen LogP) is 0.912. The van der Waals surface area contributed by atoms with Crippen LogP contribution < -0.4 is 0 Å². The predicted molar refractivity (Wildman–Crippen MR) is 69.9 cm³/mol. The van der Waals surface area contributed by atoms with Crippen LogP contribution in [0.4, 0.5) is 0 Å². The number of amides is 1. The van der Waals surface area contributed by atoms with Crippen molar-refractivity contribution in [3.05, 3.63) is 0 Å². The molecule has 112 valence electrons. The van der Waals surface area contributed by atoms with Gasteiger partial charge in [0.15, 0.2) is 0 Å². The summed E-state index contributed by atoms with van der Waals surface area (Å²) in [7, 11) is 0. The zero-order chi connectivity index (χ0) is 15.2. The van der Waals surface area contributed by atoms with Gasteiger partial charge in [-0.1, -0.05) is 20.8 Å². The first-order valence-electron chi connectivity index (χ1n) is 6.90. The van der Waals surface area contributed by atoms with Crippen LogP contribution in [0.2, 0.25) is 0 Å². The van der Waals surface area contributed by atoms with Gasteiger partial charge >= 0.3 is 11.9 Å². The van der Waals surface area contributed by atoms with Crippen LogP contribution in [0.15, 0.2) is 0 Å². The number of nitrogens with zero attached hydrogens (tertiary/aromatic N) is 1. The Bertz CT molecular complexity index is 458. The fraction of sp³-hybridized carbons (Fsp3) is 0.786. The standard InChI is InChI=1S/C14H21NO5/c1-7-4-8(12(17)18)6-15(5-7)11(16)9-10(13(19)20)14(9,2)3/h7-10H,4-6H2,1-3H3,(H,17,18)(H,19,20)/t7?,8?,9-,10+/m0/s1. The van der Waals surface area contributed by atoms with E-state index in [-0.39, 0.29) is 18.4 Å². The molecule has 2 fully saturated rings. The highest BCUT2D eigenvalue weighted by atomic mass is 16.4. The molecule has 20 heavy (non-hydrogen) atoms. The maximum atomic E-state index is 12.5. The van der Waals surface area contributed by atoms with E-state index in [0.29, 0.717) is 13.0 Å². The van der Waals surface area contributed by atoms with Gasteiger partial charge < -0.3 is 15.1 Å². The van der Waals surface area contributed by atoms with Crippen molar-refractivity contribution < 1.29 is 24.6 Å². The van der Waals surface area contributed by atoms with Crippen LogP contribution in [0.3, 0.4) is 0 Å². The van der Waals surface area contributed by atoms with Crippen molar-refractivity contribution >= 4 is 17.8 Å². The van der Waals surface area contributed by atoms with Gasteiger partial charge in [-0.3, -0.25) is 14.4 Å². The van der Waals surface area contributed by atoms with Gasteiger partial charge in [-0.05, 0) is 17.8 Å². The van der Waals surface area contributed by atoms with Gasteiger partial charge in [0.1, 0.15) is 0 Å². The molecule has 0 aromatic carbocycles. The summed E-state index contributed by atoms with van der Waals surface area (Å²) in [5.74, 6) is -3.66. The Hall–Kier alpha value is -1.59. The molecule has 1 saturated carbocycles. The highest BCUT2D eigenvalue weighted by Gasteiger charge is 2.66. The highest BCUT2D eigenvalue weighted by molar-refractivity contribution is 5.92. The lowest BCUT2D eigenvalue weighted by molar-refractivity contribution is -0.148. The second kappa shape index (κ2) is 4.75. The molecule has 6 nitrogen and oxygen atoms in total. The number of hydrogen-bond acceptors (Lipinski definition) is 3. The topological polar surface area (TPSA) is 94.9 Å². The maximum absolute atomic E-state index is 12.5. The molecule has 6 heteroatoms. The minimum Gasteiger partial charge on any atom is -0.481 e. The van der Waals surface area contributed by atoms with Crippen LogP contribution in [0.25, 0.3) is 0 Å². The average molecular weight is 283 g/mol. The fourth-order valence-corrected chi connectivity index (χ4v) is 3.47. The van der Waals surface area contributed by atoms with E-state index in [1.54, 1.807) is 18.7 Å². The largest absolute Gasteiger partial charge is 0.481 e. The average Bonchev–Trinajstić information content (AvgIpc) is 2.90. The number of carbonyl (C=O) groups excluding carboxylic acids is 1. The third-order valence-corrected chi connectivity index (χ3v) is 4.68. The second-order valence-electron chi connectivity index (χ2n) is 6.73. The Morgan fingerprint density at radius 1 is 1.05 bits per heavy atom. The molecule has 0 radical (unpaired) electrons. The molecular formula is C14H21NO5. The zero-order valence-corrected chi connectivity index (χ0v) is 12.0. The summed E-state index contributed by atoms with van der Waals surface area (Å²) < 4.78 is 0. The molecule has 2 unspecified atom stereocenters. The van der Waals surface area contributed by atoms with Gasteiger partial charge in [-0.25, -0.2) is 0 Å². The Kier molecular flexibility index (Phi) is 3.52. The van der Waals surface area contributed by atoms with E-state index < -0.39 is 35.1 Å². The first-order chi connectivity index (χ1) is 9.16. The quantitative estimate of drug-likeness (QED) is 0.803. The lowest BCUT2D eigenvalue weighted by Crippen LogP contribution is -2.46. The number of carboxylic acid groups (broad SMARTS) is 2. The van der Waals surface area contributed by atoms with Crippen molar-refractivity contribution in [2.75, 3.05) is 13.1 Å². The first kappa shape index (κ1) is 14.8. The van der Waals surface area contributed by atoms with Crippen LogP contribution in [-0.4, -0.2) is 46.0 Å². The van der Waals surface area contributed by atoms with Crippen molar-refractivity contribution in [3.63, 3.8) is 0 Å². The minimum atomic E-state index is -0.951. The maximum Gasteiger partial charge on any atom is 0.308 e. The van der Waals surface area contributed by atoms with E-state index >= 15 is 0 Å². The van der Waals surface area contributed by atoms with E-state index in [0.717, 1.165) is 0 Å². The Balaban J connectivity index is 2.10. The molecule has 1 saturated heterocycles. The molecule has 1 heterocycles. The Morgan fingerprint density at radius 2 is 1.65 bits per heavy atom. The first-order valence-corrected chi connectivity index (χ1v) is 6.90. The van der Waals surface area contributed by atoms with Gasteiger partial charge in [0.25, 0.3) is 0 Å². The van der Waals surface area contributed by atoms with E-state index in [4.69, 9.17) is 10.2 Å². The monoisotopic (exact) mass is 283 g/mol. The summed E-state index contributed by atoms with van der Waals surface area (Å²) >= 11 is 0. The van der Waals surface area contributed by atoms with E-state index in [1.165, 1.54) is 0 Å². The van der Waals surface area contributed by atoms with Gasteiger partial charge in [0.2, 0.25) is 5.91 Å². The summed E-state index contributed by atoms with van der Waals surface area (Å²) in [6, 6.07) is 0. The third-order valence-electron chi connectivity index (χ3n) is 4.68. The Labute approximate surface area is 117 Å². The minimum absolute atomic E-state index is 0.124. The van der Waals surface area contributed by atoms with Crippen molar-refractivity contribution in [1.82, 2.24) is 4.90 Å². The van der Waals surface area contributed by atoms with Gasteiger partial charge in [0, 0.05) is 13.1 Å². The van der Waals surface area contributed by atoms with Gasteiger partial charge in [-0.15, -0.1) is 0 Å². The fourth-order valence-electron chi connectivity index (χ4n) is 3.47. The van der Waals surface area contributed by atoms with Crippen LogP contribution in [0.5, 0.6) is 0 Å². The summed E-state index contributed by atoms with van der Waals surface area (Å²) in [6.45, 7) is 6.17. The number of carboxylic acids is 2. The lowest BCUT2D eigenvalue weighted by Gasteiger charge is -2.35. The molecule has 0 aromatic rings. The summed E-state index contributed by atoms with van der Waals surface area (Å²) in [5.41, 5.74) is -0.539. The van der Waals surface area contributed by atoms with Gasteiger partial charge in [0.05, 0.1) is 17.8 Å². The van der Waals surface area contributed by atoms with Crippen molar-refractivity contribution in [2.24, 2.45) is 29.1 Å². The van der Waals surface area contributed by atoms with Crippen molar-refractivity contribution in [1.29, 1.82) is 0 Å². The molecule has 0 aromatic heterocycles. The third kappa shape index (κ3) is 2.39. The highest BCUT2D eigenvalue weighted by Crippen LogP contribution is 2.59. The molecule has 1 amide bonds. The SMILES string of the molecule is CC1CC(C(=O)O)CN(C(=O)[C@@H]2[C@H](C(=O)O)C2(C)C)C1. The summed E-state index contributed by atoms with van der Waals surface area (Å²) in [5, 5.41) is 18.3. The molecule has 1 aliphatic carbocycles. The molecule has 1 aliphatic heterocycles. The number of carbonyl (C=O) groups is 3. The summed E-state index contributed by atoms with van der Waals surface area (Å²) in [6.07, 6.45) is 0.565. The number of hydrogen-bond donors (Lipinski definition) is 2. The smallest absolute Gasteiger partial charge is 0.308 e. The molecule has 0 spiro atoms. The van der Waals surface area contributed by atoms with E-state index in [9.17, 15) is 14.4 Å². The molecule has 2 N–H and O–H groups in total. The molecule has 2 aliphatic rings. The van der Waals surface area contributed by atoms with E-state index in [1.807, 2.05) is 6.92 Å². The van der Waals surface area contributed by atoms with Crippen LogP contribution in [0.1, 0.15) is 27.2 Å². The Morgan fingerprint density at radius 3 is 2.10 bits per heavy atom. The number of likely N-dealkylation sites (tertiary alicyclic amines) is 1. The molecule has 4 atom stereocenters. The lowest BCUT2D eigenvalue weighted by atomic mass is 9.90. The number of piperidine rings is 1. The normalized spacial score (nSPS) is 35.5. The van der Waals surface area contributed by atoms with Gasteiger partial charge in [-0.2, -0.15) is 0 Å². The summed E-state index contributed by atoms with van der Waals surface area (Å²) in [4.78, 5) is 36.3. The number of rotatable bonds is 3. The molecule has 2 rings (SSSR count). The van der Waals surface area contributed by atoms with E-state index in [2.05, 4.69) is 0 Å².